The predicted molar refractivity (Wildman–Crippen MR) is 85.6 cm³/mol. The van der Waals surface area contributed by atoms with Gasteiger partial charge in [0.05, 0.1) is 6.61 Å². The van der Waals surface area contributed by atoms with Crippen molar-refractivity contribution in [3.8, 4) is 11.5 Å². The monoisotopic (exact) mass is 335 g/mol. The van der Waals surface area contributed by atoms with E-state index in [4.69, 9.17) is 4.74 Å². The van der Waals surface area contributed by atoms with Gasteiger partial charge in [0.1, 0.15) is 11.6 Å². The molecular weight excluding hydrogens is 316 g/mol. The summed E-state index contributed by atoms with van der Waals surface area (Å²) in [6.45, 7) is -0.226. The highest BCUT2D eigenvalue weighted by Gasteiger charge is 2.26. The molecule has 24 heavy (non-hydrogen) atoms. The molecule has 1 N–H and O–H groups in total. The number of aromatic nitrogens is 2. The molecule has 7 heteroatoms. The van der Waals surface area contributed by atoms with Gasteiger partial charge in [-0.25, -0.2) is 9.97 Å². The van der Waals surface area contributed by atoms with Gasteiger partial charge >= 0.3 is 6.61 Å². The van der Waals surface area contributed by atoms with Gasteiger partial charge in [-0.3, -0.25) is 0 Å². The molecule has 1 aliphatic carbocycles. The van der Waals surface area contributed by atoms with Crippen LogP contribution in [0.15, 0.2) is 30.5 Å². The molecule has 0 aliphatic heterocycles. The number of nitrogens with zero attached hydrogens (tertiary/aromatic N) is 2. The molecule has 0 radical (unpaired) electrons. The molecule has 1 aromatic heterocycles. The summed E-state index contributed by atoms with van der Waals surface area (Å²) in [6, 6.07) is 6.71. The zero-order chi connectivity index (χ0) is 16.9. The van der Waals surface area contributed by atoms with Crippen molar-refractivity contribution in [3.63, 3.8) is 0 Å². The molecule has 128 valence electrons. The molecule has 1 aromatic carbocycles. The minimum Gasteiger partial charge on any atom is -0.490 e. The van der Waals surface area contributed by atoms with Gasteiger partial charge in [0.15, 0.2) is 11.5 Å². The van der Waals surface area contributed by atoms with E-state index < -0.39 is 6.61 Å². The van der Waals surface area contributed by atoms with Crippen molar-refractivity contribution in [2.24, 2.45) is 0 Å². The van der Waals surface area contributed by atoms with E-state index in [0.29, 0.717) is 24.8 Å². The first kappa shape index (κ1) is 16.4. The van der Waals surface area contributed by atoms with Crippen molar-refractivity contribution in [3.05, 3.63) is 41.9 Å². The molecule has 1 fully saturated rings. The number of anilines is 1. The van der Waals surface area contributed by atoms with Gasteiger partial charge in [-0.15, -0.1) is 0 Å². The van der Waals surface area contributed by atoms with Crippen LogP contribution in [0.4, 0.5) is 14.6 Å². The highest BCUT2D eigenvalue weighted by Crippen LogP contribution is 2.38. The molecule has 5 nitrogen and oxygen atoms in total. The Labute approximate surface area is 139 Å². The van der Waals surface area contributed by atoms with Crippen LogP contribution >= 0.6 is 0 Å². The maximum absolute atomic E-state index is 12.4. The summed E-state index contributed by atoms with van der Waals surface area (Å²) in [6.07, 6.45) is 4.04. The van der Waals surface area contributed by atoms with E-state index in [9.17, 15) is 8.78 Å². The van der Waals surface area contributed by atoms with Crippen LogP contribution in [-0.4, -0.2) is 23.2 Å². The van der Waals surface area contributed by atoms with E-state index >= 15 is 0 Å². The molecule has 0 atom stereocenters. The highest BCUT2D eigenvalue weighted by molar-refractivity contribution is 5.44. The molecule has 0 amide bonds. The van der Waals surface area contributed by atoms with Crippen LogP contribution in [0.5, 0.6) is 11.5 Å². The van der Waals surface area contributed by atoms with Crippen LogP contribution in [0.25, 0.3) is 0 Å². The van der Waals surface area contributed by atoms with Crippen molar-refractivity contribution in [1.29, 1.82) is 0 Å². The Morgan fingerprint density at radius 3 is 2.79 bits per heavy atom. The minimum atomic E-state index is -2.88. The maximum atomic E-state index is 12.4. The van der Waals surface area contributed by atoms with Crippen LogP contribution in [0, 0.1) is 0 Å². The van der Waals surface area contributed by atoms with Crippen molar-refractivity contribution in [1.82, 2.24) is 9.97 Å². The third-order valence-electron chi connectivity index (χ3n) is 3.61. The summed E-state index contributed by atoms with van der Waals surface area (Å²) in [5.74, 6) is 2.45. The average molecular weight is 335 g/mol. The lowest BCUT2D eigenvalue weighted by molar-refractivity contribution is -0.0514. The van der Waals surface area contributed by atoms with Crippen LogP contribution in [0.1, 0.15) is 37.1 Å². The third-order valence-corrected chi connectivity index (χ3v) is 3.61. The van der Waals surface area contributed by atoms with Crippen molar-refractivity contribution in [2.45, 2.75) is 38.8 Å². The number of benzene rings is 1. The summed E-state index contributed by atoms with van der Waals surface area (Å²) in [4.78, 5) is 8.76. The Balaban J connectivity index is 1.68. The Morgan fingerprint density at radius 2 is 2.08 bits per heavy atom. The maximum Gasteiger partial charge on any atom is 0.387 e. The van der Waals surface area contributed by atoms with E-state index in [1.54, 1.807) is 25.3 Å². The van der Waals surface area contributed by atoms with Crippen LogP contribution < -0.4 is 14.8 Å². The summed E-state index contributed by atoms with van der Waals surface area (Å²) in [7, 11) is 0. The lowest BCUT2D eigenvalue weighted by atomic mass is 10.2. The lowest BCUT2D eigenvalue weighted by Gasteiger charge is -2.13. The minimum absolute atomic E-state index is 0.0358. The van der Waals surface area contributed by atoms with E-state index in [-0.39, 0.29) is 5.75 Å². The average Bonchev–Trinajstić information content (AvgIpc) is 3.40. The zero-order valence-electron chi connectivity index (χ0n) is 13.3. The molecule has 1 heterocycles. The van der Waals surface area contributed by atoms with Crippen LogP contribution in [0.3, 0.4) is 0 Å². The summed E-state index contributed by atoms with van der Waals surface area (Å²) in [5, 5.41) is 3.22. The van der Waals surface area contributed by atoms with Crippen molar-refractivity contribution in [2.75, 3.05) is 11.9 Å². The van der Waals surface area contributed by atoms with E-state index in [2.05, 4.69) is 20.0 Å². The smallest absolute Gasteiger partial charge is 0.387 e. The van der Waals surface area contributed by atoms with Gasteiger partial charge in [0.25, 0.3) is 0 Å². The van der Waals surface area contributed by atoms with Gasteiger partial charge in [0, 0.05) is 18.7 Å². The fourth-order valence-corrected chi connectivity index (χ4v) is 2.33. The third kappa shape index (κ3) is 4.31. The Hall–Kier alpha value is -2.44. The molecule has 3 rings (SSSR count). The number of ether oxygens (including phenoxy) is 2. The second kappa shape index (κ2) is 7.42. The van der Waals surface area contributed by atoms with Crippen LogP contribution in [0.2, 0.25) is 0 Å². The first-order chi connectivity index (χ1) is 11.7. The van der Waals surface area contributed by atoms with Gasteiger partial charge in [-0.05, 0) is 43.5 Å². The van der Waals surface area contributed by atoms with Crippen LogP contribution in [-0.2, 0) is 6.54 Å². The second-order valence-electron chi connectivity index (χ2n) is 5.52. The zero-order valence-corrected chi connectivity index (χ0v) is 13.3. The molecule has 0 unspecified atom stereocenters. The van der Waals surface area contributed by atoms with Gasteiger partial charge in [0.2, 0.25) is 0 Å². The molecule has 1 aliphatic rings. The Morgan fingerprint density at radius 1 is 1.25 bits per heavy atom. The fourth-order valence-electron chi connectivity index (χ4n) is 2.33. The fraction of sp³-hybridized carbons (Fsp3) is 0.412. The number of nitrogens with one attached hydrogen (secondary N) is 1. The van der Waals surface area contributed by atoms with Gasteiger partial charge < -0.3 is 14.8 Å². The molecule has 0 bridgehead atoms. The predicted octanol–water partition coefficient (Wildman–Crippen LogP) is 3.97. The summed E-state index contributed by atoms with van der Waals surface area (Å²) >= 11 is 0. The Kier molecular flexibility index (Phi) is 5.08. The van der Waals surface area contributed by atoms with E-state index in [0.717, 1.165) is 30.0 Å². The summed E-state index contributed by atoms with van der Waals surface area (Å²) < 4.78 is 34.7. The Bertz CT molecular complexity index is 693. The van der Waals surface area contributed by atoms with Gasteiger partial charge in [-0.1, -0.05) is 6.07 Å². The molecule has 0 saturated heterocycles. The quantitative estimate of drug-likeness (QED) is 0.791. The molecular formula is C17H19F2N3O2. The van der Waals surface area contributed by atoms with Crippen molar-refractivity contribution < 1.29 is 18.3 Å². The lowest BCUT2D eigenvalue weighted by Crippen LogP contribution is -2.07. The number of hydrogen-bond acceptors (Lipinski definition) is 5. The highest BCUT2D eigenvalue weighted by atomic mass is 19.3. The van der Waals surface area contributed by atoms with E-state index in [1.807, 2.05) is 6.07 Å². The molecule has 2 aromatic rings. The normalized spacial score (nSPS) is 13.8. The molecule has 0 spiro atoms. The van der Waals surface area contributed by atoms with E-state index in [1.165, 1.54) is 6.07 Å². The van der Waals surface area contributed by atoms with Gasteiger partial charge in [-0.2, -0.15) is 8.78 Å². The SMILES string of the molecule is CCOc1cc(CNc2ccnc(C3CC3)n2)ccc1OC(F)F. The number of hydrogen-bond donors (Lipinski definition) is 1. The standard InChI is InChI=1S/C17H19F2N3O2/c1-2-23-14-9-11(3-6-13(14)24-17(18)19)10-21-15-7-8-20-16(22-15)12-4-5-12/h3,6-9,12,17H,2,4-5,10H2,1H3,(H,20,21,22). The first-order valence-electron chi connectivity index (χ1n) is 7.93. The largest absolute Gasteiger partial charge is 0.490 e. The number of alkyl halides is 2. The number of halogens is 2. The topological polar surface area (TPSA) is 56.3 Å². The first-order valence-corrected chi connectivity index (χ1v) is 7.93. The van der Waals surface area contributed by atoms with Crippen molar-refractivity contribution >= 4 is 5.82 Å². The summed E-state index contributed by atoms with van der Waals surface area (Å²) in [5.41, 5.74) is 0.881. The number of rotatable bonds is 8. The second-order valence-corrected chi connectivity index (χ2v) is 5.52. The molecule has 1 saturated carbocycles.